The van der Waals surface area contributed by atoms with Crippen LogP contribution in [0.2, 0.25) is 0 Å². The van der Waals surface area contributed by atoms with Crippen LogP contribution < -0.4 is 0 Å². The fourth-order valence-corrected chi connectivity index (χ4v) is 4.03. The average Bonchev–Trinajstić information content (AvgIpc) is 2.74. The van der Waals surface area contributed by atoms with Gasteiger partial charge in [-0.05, 0) is 63.5 Å². The van der Waals surface area contributed by atoms with Crippen molar-refractivity contribution in [2.75, 3.05) is 46.8 Å². The highest BCUT2D eigenvalue weighted by atomic mass is 16.6. The largest absolute Gasteiger partial charge is 0.445 e. The summed E-state index contributed by atoms with van der Waals surface area (Å²) in [5.41, 5.74) is 0.741. The number of nitro benzene ring substituents is 1. The van der Waals surface area contributed by atoms with Crippen LogP contribution in [0.15, 0.2) is 36.9 Å². The van der Waals surface area contributed by atoms with Crippen LogP contribution in [-0.2, 0) is 11.3 Å². The minimum atomic E-state index is -0.448. The zero-order valence-electron chi connectivity index (χ0n) is 19.0. The number of hydrogen-bond acceptors (Lipinski definition) is 6. The van der Waals surface area contributed by atoms with Crippen LogP contribution in [-0.4, -0.2) is 78.6 Å². The molecule has 0 spiro atoms. The van der Waals surface area contributed by atoms with Crippen LogP contribution in [0.4, 0.5) is 10.5 Å². The van der Waals surface area contributed by atoms with Gasteiger partial charge >= 0.3 is 6.09 Å². The lowest BCUT2D eigenvalue weighted by atomic mass is 10.0. The molecule has 1 aliphatic rings. The van der Waals surface area contributed by atoms with Crippen LogP contribution in [0, 0.1) is 16.0 Å². The number of likely N-dealkylation sites (tertiary alicyclic amines) is 1. The van der Waals surface area contributed by atoms with Crippen LogP contribution >= 0.6 is 0 Å². The van der Waals surface area contributed by atoms with Gasteiger partial charge in [0.25, 0.3) is 5.69 Å². The third-order valence-electron chi connectivity index (χ3n) is 5.68. The van der Waals surface area contributed by atoms with E-state index in [1.54, 1.807) is 23.1 Å². The van der Waals surface area contributed by atoms with E-state index in [-0.39, 0.29) is 24.4 Å². The average molecular weight is 433 g/mol. The Morgan fingerprint density at radius 3 is 2.52 bits per heavy atom. The van der Waals surface area contributed by atoms with Gasteiger partial charge in [0, 0.05) is 44.4 Å². The fourth-order valence-electron chi connectivity index (χ4n) is 4.03. The van der Waals surface area contributed by atoms with Gasteiger partial charge in [0.05, 0.1) is 4.92 Å². The van der Waals surface area contributed by atoms with Gasteiger partial charge in [0.1, 0.15) is 6.61 Å². The van der Waals surface area contributed by atoms with Gasteiger partial charge in [-0.1, -0.05) is 13.0 Å². The first-order chi connectivity index (χ1) is 14.8. The number of ether oxygens (including phenoxy) is 1. The molecule has 0 radical (unpaired) electrons. The Hall–Kier alpha value is -2.45. The highest BCUT2D eigenvalue weighted by Gasteiger charge is 2.28. The minimum absolute atomic E-state index is 0.0197. The first-order valence-electron chi connectivity index (χ1n) is 10.9. The molecule has 1 aromatic carbocycles. The molecule has 1 saturated heterocycles. The van der Waals surface area contributed by atoms with Crippen LogP contribution in [0.3, 0.4) is 0 Å². The van der Waals surface area contributed by atoms with E-state index in [0.717, 1.165) is 44.6 Å². The van der Waals surface area contributed by atoms with Gasteiger partial charge in [-0.25, -0.2) is 4.79 Å². The van der Waals surface area contributed by atoms with Gasteiger partial charge in [-0.2, -0.15) is 0 Å². The first kappa shape index (κ1) is 24.8. The van der Waals surface area contributed by atoms with Crippen LogP contribution in [0.25, 0.3) is 0 Å². The molecule has 1 aromatic rings. The summed E-state index contributed by atoms with van der Waals surface area (Å²) in [6.45, 7) is 10.8. The van der Waals surface area contributed by atoms with Crippen molar-refractivity contribution in [3.63, 3.8) is 0 Å². The molecule has 1 atom stereocenters. The molecule has 0 N–H and O–H groups in total. The van der Waals surface area contributed by atoms with E-state index < -0.39 is 4.92 Å². The number of benzene rings is 1. The Bertz CT molecular complexity index is 715. The lowest BCUT2D eigenvalue weighted by molar-refractivity contribution is -0.384. The second kappa shape index (κ2) is 12.4. The first-order valence-corrected chi connectivity index (χ1v) is 10.9. The second-order valence-corrected chi connectivity index (χ2v) is 8.65. The molecular weight excluding hydrogens is 396 g/mol. The molecule has 8 heteroatoms. The third-order valence-corrected chi connectivity index (χ3v) is 5.68. The summed E-state index contributed by atoms with van der Waals surface area (Å²) in [5, 5.41) is 10.8. The van der Waals surface area contributed by atoms with E-state index in [4.69, 9.17) is 4.74 Å². The van der Waals surface area contributed by atoms with Crippen molar-refractivity contribution in [1.82, 2.24) is 14.7 Å². The zero-order chi connectivity index (χ0) is 22.8. The fraction of sp³-hybridized carbons (Fsp3) is 0.609. The smallest absolute Gasteiger partial charge is 0.410 e. The van der Waals surface area contributed by atoms with Crippen molar-refractivity contribution >= 4 is 11.8 Å². The van der Waals surface area contributed by atoms with Gasteiger partial charge < -0.3 is 19.4 Å². The van der Waals surface area contributed by atoms with E-state index in [0.29, 0.717) is 12.5 Å². The lowest BCUT2D eigenvalue weighted by Gasteiger charge is -2.38. The minimum Gasteiger partial charge on any atom is -0.445 e. The van der Waals surface area contributed by atoms with E-state index in [9.17, 15) is 14.9 Å². The lowest BCUT2D eigenvalue weighted by Crippen LogP contribution is -2.48. The number of non-ortho nitro benzene ring substituents is 1. The summed E-state index contributed by atoms with van der Waals surface area (Å²) in [4.78, 5) is 29.5. The highest BCUT2D eigenvalue weighted by Crippen LogP contribution is 2.20. The predicted octanol–water partition coefficient (Wildman–Crippen LogP) is 3.77. The maximum atomic E-state index is 12.7. The number of carbonyl (C=O) groups excluding carboxylic acids is 1. The number of carbonyl (C=O) groups is 1. The van der Waals surface area contributed by atoms with E-state index >= 15 is 0 Å². The number of amides is 1. The Balaban J connectivity index is 1.81. The molecule has 1 heterocycles. The zero-order valence-corrected chi connectivity index (χ0v) is 19.0. The SMILES string of the molecule is C=CCN(C(=O)OCc1ccc([N+](=O)[O-])cc1)C1CCN(CCC(C)CN(C)C)CC1. The summed E-state index contributed by atoms with van der Waals surface area (Å²) < 4.78 is 5.49. The van der Waals surface area contributed by atoms with Crippen molar-refractivity contribution < 1.29 is 14.5 Å². The molecule has 1 amide bonds. The maximum Gasteiger partial charge on any atom is 0.410 e. The van der Waals surface area contributed by atoms with Gasteiger partial charge in [0.2, 0.25) is 0 Å². The number of rotatable bonds is 11. The normalized spacial score (nSPS) is 16.1. The van der Waals surface area contributed by atoms with Crippen LogP contribution in [0.5, 0.6) is 0 Å². The van der Waals surface area contributed by atoms with Crippen molar-refractivity contribution in [2.45, 2.75) is 38.8 Å². The van der Waals surface area contributed by atoms with Crippen LogP contribution in [0.1, 0.15) is 31.7 Å². The van der Waals surface area contributed by atoms with Gasteiger partial charge in [-0.3, -0.25) is 10.1 Å². The summed E-state index contributed by atoms with van der Waals surface area (Å²) in [7, 11) is 4.22. The summed E-state index contributed by atoms with van der Waals surface area (Å²) in [6.07, 6.45) is 4.38. The topological polar surface area (TPSA) is 79.2 Å². The molecule has 1 unspecified atom stereocenters. The molecule has 0 aliphatic carbocycles. The molecule has 1 aliphatic heterocycles. The molecule has 0 aromatic heterocycles. The molecule has 0 bridgehead atoms. The second-order valence-electron chi connectivity index (χ2n) is 8.65. The highest BCUT2D eigenvalue weighted by molar-refractivity contribution is 5.68. The number of nitro groups is 1. The number of piperidine rings is 1. The van der Waals surface area contributed by atoms with E-state index in [1.807, 2.05) is 0 Å². The summed E-state index contributed by atoms with van der Waals surface area (Å²) >= 11 is 0. The Morgan fingerprint density at radius 2 is 1.97 bits per heavy atom. The maximum absolute atomic E-state index is 12.7. The molecular formula is C23H36N4O4. The van der Waals surface area contributed by atoms with Gasteiger partial charge in [0.15, 0.2) is 0 Å². The Kier molecular flexibility index (Phi) is 9.94. The predicted molar refractivity (Wildman–Crippen MR) is 122 cm³/mol. The molecule has 31 heavy (non-hydrogen) atoms. The standard InChI is InChI=1S/C23H36N4O4/c1-5-13-26(23(28)31-18-20-6-8-22(9-7-20)27(29)30)21-11-15-25(16-12-21)14-10-19(2)17-24(3)4/h5-9,19,21H,1,10-18H2,2-4H3. The van der Waals surface area contributed by atoms with E-state index in [2.05, 4.69) is 37.4 Å². The quantitative estimate of drug-likeness (QED) is 0.301. The van der Waals surface area contributed by atoms with Crippen molar-refractivity contribution in [1.29, 1.82) is 0 Å². The summed E-state index contributed by atoms with van der Waals surface area (Å²) in [5.74, 6) is 0.666. The molecule has 172 valence electrons. The summed E-state index contributed by atoms with van der Waals surface area (Å²) in [6, 6.07) is 6.19. The van der Waals surface area contributed by atoms with Crippen molar-refractivity contribution in [3.05, 3.63) is 52.6 Å². The third kappa shape index (κ3) is 8.30. The molecule has 1 fully saturated rings. The van der Waals surface area contributed by atoms with Crippen molar-refractivity contribution in [2.24, 2.45) is 5.92 Å². The monoisotopic (exact) mass is 432 g/mol. The van der Waals surface area contributed by atoms with Crippen molar-refractivity contribution in [3.8, 4) is 0 Å². The van der Waals surface area contributed by atoms with Gasteiger partial charge in [-0.15, -0.1) is 6.58 Å². The molecule has 0 saturated carbocycles. The van der Waals surface area contributed by atoms with E-state index in [1.165, 1.54) is 18.6 Å². The Morgan fingerprint density at radius 1 is 1.32 bits per heavy atom. The molecule has 8 nitrogen and oxygen atoms in total. The molecule has 2 rings (SSSR count). The number of nitrogens with zero attached hydrogens (tertiary/aromatic N) is 4. The Labute approximate surface area is 185 Å². The number of hydrogen-bond donors (Lipinski definition) is 0.